The third-order valence-electron chi connectivity index (χ3n) is 1.27. The number of fused-ring (bicyclic) bond motifs is 1. The zero-order valence-electron chi connectivity index (χ0n) is 9.44. The van der Waals surface area contributed by atoms with Crippen LogP contribution < -0.4 is 0 Å². The lowest BCUT2D eigenvalue weighted by atomic mass is 10.4. The Morgan fingerprint density at radius 3 is 2.47 bits per heavy atom. The topological polar surface area (TPSA) is 78.2 Å². The van der Waals surface area contributed by atoms with Gasteiger partial charge in [-0.3, -0.25) is 5.10 Å². The maximum absolute atomic E-state index is 8.45. The van der Waals surface area contributed by atoms with Crippen molar-refractivity contribution < 1.29 is 0 Å². The first kappa shape index (κ1) is 13.0. The molecule has 0 amide bonds. The van der Waals surface area contributed by atoms with Gasteiger partial charge in [0.1, 0.15) is 11.6 Å². The Hall–Kier alpha value is -1.96. The summed E-state index contributed by atoms with van der Waals surface area (Å²) in [5.74, 6) is 0. The van der Waals surface area contributed by atoms with Gasteiger partial charge in [-0.25, -0.2) is 9.97 Å². The molecule has 2 aromatic rings. The quantitative estimate of drug-likeness (QED) is 0.715. The molecule has 2 heterocycles. The third kappa shape index (κ3) is 3.35. The van der Waals surface area contributed by atoms with Crippen LogP contribution in [0.15, 0.2) is 12.4 Å². The predicted octanol–water partition coefficient (Wildman–Crippen LogP) is 2.28. The molecule has 2 rings (SSSR count). The highest BCUT2D eigenvalue weighted by molar-refractivity contribution is 5.68. The molecule has 0 fully saturated rings. The summed E-state index contributed by atoms with van der Waals surface area (Å²) in [4.78, 5) is 7.85. The van der Waals surface area contributed by atoms with Crippen LogP contribution in [0.1, 0.15) is 33.4 Å². The zero-order chi connectivity index (χ0) is 11.7. The van der Waals surface area contributed by atoms with Gasteiger partial charge in [-0.05, 0) is 0 Å². The van der Waals surface area contributed by atoms with Crippen molar-refractivity contribution in [3.05, 3.63) is 18.1 Å². The van der Waals surface area contributed by atoms with Crippen LogP contribution in [-0.4, -0.2) is 20.2 Å². The van der Waals surface area contributed by atoms with Crippen LogP contribution in [-0.2, 0) is 0 Å². The molecular weight excluding hydrogens is 190 g/mol. The molecule has 5 nitrogen and oxygen atoms in total. The molecule has 0 aliphatic carbocycles. The van der Waals surface area contributed by atoms with Gasteiger partial charge in [0.15, 0.2) is 11.3 Å². The number of aromatic amines is 1. The third-order valence-corrected chi connectivity index (χ3v) is 1.27. The molecule has 0 spiro atoms. The lowest BCUT2D eigenvalue weighted by Crippen LogP contribution is -1.84. The summed E-state index contributed by atoms with van der Waals surface area (Å²) < 4.78 is 0. The molecule has 0 saturated carbocycles. The zero-order valence-corrected chi connectivity index (χ0v) is 9.44. The minimum atomic E-state index is 0.305. The number of nitrogens with one attached hydrogen (secondary N) is 1. The van der Waals surface area contributed by atoms with Crippen molar-refractivity contribution in [3.8, 4) is 6.07 Å². The highest BCUT2D eigenvalue weighted by Crippen LogP contribution is 2.02. The first-order valence-corrected chi connectivity index (χ1v) is 4.96. The number of rotatable bonds is 0. The van der Waals surface area contributed by atoms with Gasteiger partial charge in [0.25, 0.3) is 0 Å². The summed E-state index contributed by atoms with van der Waals surface area (Å²) in [6, 6.07) is 1.89. The van der Waals surface area contributed by atoms with E-state index in [0.29, 0.717) is 16.9 Å². The summed E-state index contributed by atoms with van der Waals surface area (Å²) in [7, 11) is 0. The van der Waals surface area contributed by atoms with Crippen LogP contribution in [0, 0.1) is 11.3 Å². The lowest BCUT2D eigenvalue weighted by molar-refractivity contribution is 1.09. The average molecular weight is 205 g/mol. The van der Waals surface area contributed by atoms with E-state index >= 15 is 0 Å². The van der Waals surface area contributed by atoms with Crippen molar-refractivity contribution in [3.63, 3.8) is 0 Å². The summed E-state index contributed by atoms with van der Waals surface area (Å²) in [5.41, 5.74) is 1.52. The molecule has 15 heavy (non-hydrogen) atoms. The van der Waals surface area contributed by atoms with Crippen molar-refractivity contribution in [2.75, 3.05) is 0 Å². The van der Waals surface area contributed by atoms with Gasteiger partial charge < -0.3 is 0 Å². The van der Waals surface area contributed by atoms with E-state index in [-0.39, 0.29) is 0 Å². The van der Waals surface area contributed by atoms with E-state index in [9.17, 15) is 0 Å². The van der Waals surface area contributed by atoms with Gasteiger partial charge in [-0.2, -0.15) is 10.4 Å². The SMILES string of the molecule is CC.CC.N#Cc1cnc2[nH]ncc2n1. The molecule has 0 atom stereocenters. The van der Waals surface area contributed by atoms with E-state index < -0.39 is 0 Å². The molecule has 1 N–H and O–H groups in total. The number of hydrogen-bond donors (Lipinski definition) is 1. The fourth-order valence-corrected chi connectivity index (χ4v) is 0.788. The van der Waals surface area contributed by atoms with Crippen LogP contribution in [0.4, 0.5) is 0 Å². The normalized spacial score (nSPS) is 7.93. The summed E-state index contributed by atoms with van der Waals surface area (Å²) >= 11 is 0. The minimum absolute atomic E-state index is 0.305. The molecule has 0 saturated heterocycles. The second-order valence-electron chi connectivity index (χ2n) is 1.97. The highest BCUT2D eigenvalue weighted by atomic mass is 15.1. The largest absolute Gasteiger partial charge is 0.259 e. The van der Waals surface area contributed by atoms with Crippen LogP contribution in [0.3, 0.4) is 0 Å². The van der Waals surface area contributed by atoms with E-state index in [2.05, 4.69) is 20.2 Å². The first-order chi connectivity index (χ1) is 7.40. The van der Waals surface area contributed by atoms with Crippen LogP contribution in [0.2, 0.25) is 0 Å². The average Bonchev–Trinajstić information content (AvgIpc) is 2.81. The Balaban J connectivity index is 0.000000442. The number of nitriles is 1. The molecule has 0 aromatic carbocycles. The Labute approximate surface area is 89.2 Å². The molecular formula is C10H15N5. The van der Waals surface area contributed by atoms with E-state index in [0.717, 1.165) is 0 Å². The summed E-state index contributed by atoms with van der Waals surface area (Å²) in [6.07, 6.45) is 2.93. The van der Waals surface area contributed by atoms with Gasteiger partial charge in [0.2, 0.25) is 0 Å². The number of hydrogen-bond acceptors (Lipinski definition) is 4. The lowest BCUT2D eigenvalue weighted by Gasteiger charge is -1.85. The summed E-state index contributed by atoms with van der Waals surface area (Å²) in [6.45, 7) is 8.00. The van der Waals surface area contributed by atoms with Crippen molar-refractivity contribution in [2.45, 2.75) is 27.7 Å². The minimum Gasteiger partial charge on any atom is -0.259 e. The molecule has 0 bridgehead atoms. The van der Waals surface area contributed by atoms with Gasteiger partial charge in [0, 0.05) is 0 Å². The van der Waals surface area contributed by atoms with E-state index in [4.69, 9.17) is 5.26 Å². The van der Waals surface area contributed by atoms with E-state index in [1.165, 1.54) is 12.4 Å². The molecule has 0 aliphatic heterocycles. The molecule has 0 unspecified atom stereocenters. The Morgan fingerprint density at radius 1 is 1.20 bits per heavy atom. The van der Waals surface area contributed by atoms with Crippen LogP contribution >= 0.6 is 0 Å². The summed E-state index contributed by atoms with van der Waals surface area (Å²) in [5, 5.41) is 14.8. The standard InChI is InChI=1S/C6H3N5.2C2H6/c7-1-4-2-8-6-5(10-4)3-9-11-6;2*1-2/h2-3H,(H,8,9,11);2*1-2H3. The molecule has 5 heteroatoms. The number of H-pyrrole nitrogens is 1. The van der Waals surface area contributed by atoms with E-state index in [1.807, 2.05) is 33.8 Å². The molecule has 80 valence electrons. The van der Waals surface area contributed by atoms with Crippen molar-refractivity contribution in [2.24, 2.45) is 0 Å². The van der Waals surface area contributed by atoms with Gasteiger partial charge >= 0.3 is 0 Å². The number of aromatic nitrogens is 4. The highest BCUT2D eigenvalue weighted by Gasteiger charge is 1.98. The number of nitrogens with zero attached hydrogens (tertiary/aromatic N) is 4. The fraction of sp³-hybridized carbons (Fsp3) is 0.400. The Morgan fingerprint density at radius 2 is 1.87 bits per heavy atom. The monoisotopic (exact) mass is 205 g/mol. The fourth-order valence-electron chi connectivity index (χ4n) is 0.788. The van der Waals surface area contributed by atoms with Gasteiger partial charge in [-0.1, -0.05) is 27.7 Å². The first-order valence-electron chi connectivity index (χ1n) is 4.96. The molecule has 0 aliphatic rings. The van der Waals surface area contributed by atoms with E-state index in [1.54, 1.807) is 0 Å². The smallest absolute Gasteiger partial charge is 0.174 e. The van der Waals surface area contributed by atoms with Crippen molar-refractivity contribution >= 4 is 11.2 Å². The Kier molecular flexibility index (Phi) is 6.47. The Bertz CT molecular complexity index is 427. The molecule has 2 aromatic heterocycles. The molecule has 0 radical (unpaired) electrons. The van der Waals surface area contributed by atoms with Crippen LogP contribution in [0.25, 0.3) is 11.2 Å². The maximum Gasteiger partial charge on any atom is 0.174 e. The van der Waals surface area contributed by atoms with Gasteiger partial charge in [-0.15, -0.1) is 0 Å². The van der Waals surface area contributed by atoms with Crippen LogP contribution in [0.5, 0.6) is 0 Å². The van der Waals surface area contributed by atoms with Crippen molar-refractivity contribution in [1.29, 1.82) is 5.26 Å². The maximum atomic E-state index is 8.45. The van der Waals surface area contributed by atoms with Gasteiger partial charge in [0.05, 0.1) is 12.4 Å². The van der Waals surface area contributed by atoms with Crippen molar-refractivity contribution in [1.82, 2.24) is 20.2 Å². The second-order valence-corrected chi connectivity index (χ2v) is 1.97. The second kappa shape index (κ2) is 7.44. The predicted molar refractivity (Wildman–Crippen MR) is 59.1 cm³/mol.